The minimum atomic E-state index is -1.18. The van der Waals surface area contributed by atoms with Gasteiger partial charge < -0.3 is 10.2 Å². The molecule has 0 aromatic carbocycles. The van der Waals surface area contributed by atoms with Crippen LogP contribution in [0.1, 0.15) is 25.7 Å². The van der Waals surface area contributed by atoms with Crippen molar-refractivity contribution in [3.63, 3.8) is 0 Å². The predicted octanol–water partition coefficient (Wildman–Crippen LogP) is -0.393. The zero-order valence-corrected chi connectivity index (χ0v) is 9.33. The van der Waals surface area contributed by atoms with Crippen LogP contribution in [0.15, 0.2) is 0 Å². The fraction of sp³-hybridized carbons (Fsp3) is 0.727. The van der Waals surface area contributed by atoms with Crippen molar-refractivity contribution in [3.05, 3.63) is 0 Å². The van der Waals surface area contributed by atoms with E-state index in [0.717, 1.165) is 24.2 Å². The molecule has 2 amide bonds. The standard InChI is InChI=1S/C11H15NO5/c13-6(4-9(14)15)5-12-10(16)7-2-1-3-8(7)11(12)17/h6-8,13H,1-5H2,(H,14,15). The van der Waals surface area contributed by atoms with E-state index >= 15 is 0 Å². The van der Waals surface area contributed by atoms with E-state index in [2.05, 4.69) is 0 Å². The van der Waals surface area contributed by atoms with E-state index < -0.39 is 18.5 Å². The summed E-state index contributed by atoms with van der Waals surface area (Å²) in [6.07, 6.45) is 0.700. The predicted molar refractivity (Wildman–Crippen MR) is 55.8 cm³/mol. The van der Waals surface area contributed by atoms with Crippen LogP contribution in [0, 0.1) is 11.8 Å². The van der Waals surface area contributed by atoms with Gasteiger partial charge in [0.25, 0.3) is 0 Å². The lowest BCUT2D eigenvalue weighted by Gasteiger charge is -2.18. The van der Waals surface area contributed by atoms with Crippen LogP contribution in [-0.4, -0.2) is 45.5 Å². The van der Waals surface area contributed by atoms with Gasteiger partial charge in [0.2, 0.25) is 11.8 Å². The molecule has 3 atom stereocenters. The van der Waals surface area contributed by atoms with Gasteiger partial charge in [-0.2, -0.15) is 0 Å². The number of carbonyl (C=O) groups is 3. The van der Waals surface area contributed by atoms with Gasteiger partial charge in [-0.15, -0.1) is 0 Å². The first kappa shape index (κ1) is 12.0. The summed E-state index contributed by atoms with van der Waals surface area (Å²) in [7, 11) is 0. The molecule has 0 aromatic heterocycles. The third-order valence-electron chi connectivity index (χ3n) is 3.49. The third kappa shape index (κ3) is 2.17. The Hall–Kier alpha value is -1.43. The van der Waals surface area contributed by atoms with Crippen molar-refractivity contribution in [3.8, 4) is 0 Å². The number of aliphatic hydroxyl groups excluding tert-OH is 1. The zero-order valence-electron chi connectivity index (χ0n) is 9.33. The summed E-state index contributed by atoms with van der Waals surface area (Å²) < 4.78 is 0. The van der Waals surface area contributed by atoms with Gasteiger partial charge in [0.05, 0.1) is 30.9 Å². The van der Waals surface area contributed by atoms with E-state index in [-0.39, 0.29) is 30.2 Å². The summed E-state index contributed by atoms with van der Waals surface area (Å²) in [6, 6.07) is 0. The molecule has 3 unspecified atom stereocenters. The minimum Gasteiger partial charge on any atom is -0.481 e. The van der Waals surface area contributed by atoms with E-state index in [9.17, 15) is 19.5 Å². The molecule has 2 fully saturated rings. The number of aliphatic hydroxyl groups is 1. The van der Waals surface area contributed by atoms with Gasteiger partial charge in [0.1, 0.15) is 0 Å². The van der Waals surface area contributed by atoms with Crippen LogP contribution in [0.5, 0.6) is 0 Å². The van der Waals surface area contributed by atoms with Gasteiger partial charge in [0.15, 0.2) is 0 Å². The number of carbonyl (C=O) groups excluding carboxylic acids is 2. The second-order valence-electron chi connectivity index (χ2n) is 4.68. The minimum absolute atomic E-state index is 0.197. The summed E-state index contributed by atoms with van der Waals surface area (Å²) in [5, 5.41) is 18.0. The van der Waals surface area contributed by atoms with Gasteiger partial charge >= 0.3 is 5.97 Å². The molecule has 6 nitrogen and oxygen atoms in total. The highest BCUT2D eigenvalue weighted by molar-refractivity contribution is 6.05. The molecule has 1 aliphatic heterocycles. The molecular formula is C11H15NO5. The molecule has 2 rings (SSSR count). The maximum Gasteiger partial charge on any atom is 0.306 e. The molecule has 1 aliphatic carbocycles. The van der Waals surface area contributed by atoms with E-state index in [1.165, 1.54) is 0 Å². The van der Waals surface area contributed by atoms with Gasteiger partial charge in [0, 0.05) is 0 Å². The smallest absolute Gasteiger partial charge is 0.306 e. The van der Waals surface area contributed by atoms with Crippen molar-refractivity contribution in [1.29, 1.82) is 0 Å². The number of carboxylic acids is 1. The Balaban J connectivity index is 2.00. The number of nitrogens with zero attached hydrogens (tertiary/aromatic N) is 1. The van der Waals surface area contributed by atoms with Crippen LogP contribution in [0.3, 0.4) is 0 Å². The molecule has 1 saturated heterocycles. The molecule has 2 aliphatic rings. The van der Waals surface area contributed by atoms with Crippen LogP contribution in [0.2, 0.25) is 0 Å². The van der Waals surface area contributed by atoms with Crippen molar-refractivity contribution in [1.82, 2.24) is 4.90 Å². The van der Waals surface area contributed by atoms with Gasteiger partial charge in [-0.3, -0.25) is 19.3 Å². The quantitative estimate of drug-likeness (QED) is 0.653. The number of fused-ring (bicyclic) bond motifs is 1. The molecule has 17 heavy (non-hydrogen) atoms. The van der Waals surface area contributed by atoms with Crippen molar-refractivity contribution in [2.75, 3.05) is 6.54 Å². The monoisotopic (exact) mass is 241 g/mol. The Morgan fingerprint density at radius 1 is 1.29 bits per heavy atom. The highest BCUT2D eigenvalue weighted by Crippen LogP contribution is 2.39. The van der Waals surface area contributed by atoms with E-state index in [1.54, 1.807) is 0 Å². The number of imide groups is 1. The highest BCUT2D eigenvalue weighted by Gasteiger charge is 2.49. The van der Waals surface area contributed by atoms with E-state index in [4.69, 9.17) is 5.11 Å². The average Bonchev–Trinajstić information content (AvgIpc) is 2.77. The van der Waals surface area contributed by atoms with Crippen molar-refractivity contribution in [2.45, 2.75) is 31.8 Å². The zero-order chi connectivity index (χ0) is 12.6. The number of amides is 2. The number of carboxylic acid groups (broad SMARTS) is 1. The average molecular weight is 241 g/mol. The number of hydrogen-bond donors (Lipinski definition) is 2. The fourth-order valence-electron chi connectivity index (χ4n) is 2.72. The first-order valence-electron chi connectivity index (χ1n) is 5.75. The van der Waals surface area contributed by atoms with Gasteiger partial charge in [-0.25, -0.2) is 0 Å². The molecule has 1 saturated carbocycles. The second kappa shape index (κ2) is 4.44. The summed E-state index contributed by atoms with van der Waals surface area (Å²) in [5.74, 6) is -2.11. The molecule has 0 aromatic rings. The van der Waals surface area contributed by atoms with Crippen LogP contribution in [-0.2, 0) is 14.4 Å². The molecular weight excluding hydrogens is 226 g/mol. The van der Waals surface area contributed by atoms with Gasteiger partial charge in [-0.05, 0) is 12.8 Å². The lowest BCUT2D eigenvalue weighted by molar-refractivity contribution is -0.145. The lowest BCUT2D eigenvalue weighted by atomic mass is 10.00. The van der Waals surface area contributed by atoms with Crippen LogP contribution < -0.4 is 0 Å². The Labute approximate surface area is 98.2 Å². The first-order chi connectivity index (χ1) is 8.00. The molecule has 0 bridgehead atoms. The molecule has 2 N–H and O–H groups in total. The SMILES string of the molecule is O=C(O)CC(O)CN1C(=O)C2CCCC2C1=O. The van der Waals surface area contributed by atoms with Crippen LogP contribution >= 0.6 is 0 Å². The Bertz CT molecular complexity index is 345. The number of likely N-dealkylation sites (tertiary alicyclic amines) is 1. The number of aliphatic carboxylic acids is 1. The lowest BCUT2D eigenvalue weighted by Crippen LogP contribution is -2.39. The number of β-amino-alcohol motifs (C(OH)–C–C–N with tert-alkyl or cyclic N) is 1. The number of hydrogen-bond acceptors (Lipinski definition) is 4. The summed E-state index contributed by atoms with van der Waals surface area (Å²) in [4.78, 5) is 35.2. The Morgan fingerprint density at radius 3 is 2.29 bits per heavy atom. The third-order valence-corrected chi connectivity index (χ3v) is 3.49. The second-order valence-corrected chi connectivity index (χ2v) is 4.68. The topological polar surface area (TPSA) is 94.9 Å². The summed E-state index contributed by atoms with van der Waals surface area (Å²) in [6.45, 7) is -0.197. The largest absolute Gasteiger partial charge is 0.481 e. The fourth-order valence-corrected chi connectivity index (χ4v) is 2.72. The summed E-state index contributed by atoms with van der Waals surface area (Å²) in [5.41, 5.74) is 0. The van der Waals surface area contributed by atoms with Crippen LogP contribution in [0.4, 0.5) is 0 Å². The molecule has 1 heterocycles. The summed E-state index contributed by atoms with van der Waals surface area (Å²) >= 11 is 0. The Morgan fingerprint density at radius 2 is 1.82 bits per heavy atom. The highest BCUT2D eigenvalue weighted by atomic mass is 16.4. The molecule has 94 valence electrons. The van der Waals surface area contributed by atoms with Gasteiger partial charge in [-0.1, -0.05) is 6.42 Å². The van der Waals surface area contributed by atoms with Crippen molar-refractivity contribution < 1.29 is 24.6 Å². The molecule has 6 heteroatoms. The van der Waals surface area contributed by atoms with Crippen molar-refractivity contribution >= 4 is 17.8 Å². The van der Waals surface area contributed by atoms with Crippen molar-refractivity contribution in [2.24, 2.45) is 11.8 Å². The van der Waals surface area contributed by atoms with E-state index in [0.29, 0.717) is 0 Å². The Kier molecular flexibility index (Phi) is 3.15. The normalized spacial score (nSPS) is 29.6. The maximum atomic E-state index is 11.9. The number of rotatable bonds is 4. The van der Waals surface area contributed by atoms with E-state index in [1.807, 2.05) is 0 Å². The molecule has 0 radical (unpaired) electrons. The maximum absolute atomic E-state index is 11.9. The van der Waals surface area contributed by atoms with Crippen LogP contribution in [0.25, 0.3) is 0 Å². The first-order valence-corrected chi connectivity index (χ1v) is 5.75. The molecule has 0 spiro atoms.